The van der Waals surface area contributed by atoms with Crippen molar-refractivity contribution in [2.75, 3.05) is 11.4 Å². The molecule has 1 N–H and O–H groups in total. The first-order valence-electron chi connectivity index (χ1n) is 5.26. The van der Waals surface area contributed by atoms with Crippen molar-refractivity contribution < 1.29 is 17.8 Å². The van der Waals surface area contributed by atoms with E-state index in [0.29, 0.717) is 18.7 Å². The molecule has 0 saturated carbocycles. The predicted molar refractivity (Wildman–Crippen MR) is 65.5 cm³/mol. The van der Waals surface area contributed by atoms with Gasteiger partial charge in [-0.25, -0.2) is 0 Å². The lowest BCUT2D eigenvalue weighted by Gasteiger charge is -2.15. The smallest absolute Gasteiger partial charge is 0.294 e. The molecule has 0 bridgehead atoms. The molecule has 1 amide bonds. The maximum absolute atomic E-state index is 11.7. The van der Waals surface area contributed by atoms with Crippen LogP contribution in [0.5, 0.6) is 0 Å². The lowest BCUT2D eigenvalue weighted by atomic mass is 10.1. The number of benzene rings is 1. The van der Waals surface area contributed by atoms with Crippen LogP contribution < -0.4 is 4.90 Å². The van der Waals surface area contributed by atoms with Gasteiger partial charge in [0.2, 0.25) is 5.91 Å². The van der Waals surface area contributed by atoms with Gasteiger partial charge in [-0.1, -0.05) is 0 Å². The monoisotopic (exact) mass is 265 g/mol. The Balaban J connectivity index is 2.26. The third-order valence-electron chi connectivity index (χ3n) is 2.81. The fourth-order valence-electron chi connectivity index (χ4n) is 1.87. The van der Waals surface area contributed by atoms with Crippen LogP contribution in [0.4, 0.5) is 5.69 Å². The average Bonchev–Trinajstić information content (AvgIpc) is 2.70. The third-order valence-corrected chi connectivity index (χ3v) is 3.67. The van der Waals surface area contributed by atoms with Gasteiger partial charge in [0, 0.05) is 24.6 Å². The summed E-state index contributed by atoms with van der Waals surface area (Å²) < 4.78 is 30.6. The van der Waals surface area contributed by atoms with Gasteiger partial charge in [0.05, 0.1) is 4.90 Å². The van der Waals surface area contributed by atoms with E-state index in [0.717, 1.165) is 0 Å². The topological polar surface area (TPSA) is 74.7 Å². The van der Waals surface area contributed by atoms with Crippen molar-refractivity contribution in [3.05, 3.63) is 24.3 Å². The lowest BCUT2D eigenvalue weighted by molar-refractivity contribution is -0.117. The zero-order valence-corrected chi connectivity index (χ0v) is 10.2. The standard InChI is InChI=1S/C12H11NO4S/c1-2-9-7-12(14)13(8-9)10-3-5-11(6-4-10)18(15,16)17/h1,3-6,9H,7-8H2,(H,15,16,17). The van der Waals surface area contributed by atoms with Gasteiger partial charge in [0.15, 0.2) is 0 Å². The average molecular weight is 265 g/mol. The zero-order valence-electron chi connectivity index (χ0n) is 9.41. The Bertz CT molecular complexity index is 612. The summed E-state index contributed by atoms with van der Waals surface area (Å²) in [6, 6.07) is 5.45. The van der Waals surface area contributed by atoms with Crippen LogP contribution in [0.3, 0.4) is 0 Å². The molecule has 1 aliphatic heterocycles. The van der Waals surface area contributed by atoms with E-state index < -0.39 is 10.1 Å². The molecule has 94 valence electrons. The van der Waals surface area contributed by atoms with E-state index >= 15 is 0 Å². The van der Waals surface area contributed by atoms with Gasteiger partial charge >= 0.3 is 0 Å². The number of amides is 1. The van der Waals surface area contributed by atoms with Crippen molar-refractivity contribution in [1.82, 2.24) is 0 Å². The summed E-state index contributed by atoms with van der Waals surface area (Å²) in [4.78, 5) is 13.0. The molecule has 0 aromatic heterocycles. The minimum Gasteiger partial charge on any atom is -0.311 e. The number of terminal acetylenes is 1. The molecule has 1 aliphatic rings. The fraction of sp³-hybridized carbons (Fsp3) is 0.250. The van der Waals surface area contributed by atoms with E-state index in [1.54, 1.807) is 0 Å². The van der Waals surface area contributed by atoms with Crippen molar-refractivity contribution in [3.8, 4) is 12.3 Å². The fourth-order valence-corrected chi connectivity index (χ4v) is 2.35. The first-order chi connectivity index (χ1) is 8.41. The Labute approximate surface area is 105 Å². The molecule has 1 heterocycles. The van der Waals surface area contributed by atoms with E-state index in [1.165, 1.54) is 29.2 Å². The highest BCUT2D eigenvalue weighted by molar-refractivity contribution is 7.85. The molecule has 0 radical (unpaired) electrons. The molecule has 5 nitrogen and oxygen atoms in total. The zero-order chi connectivity index (χ0) is 13.3. The summed E-state index contributed by atoms with van der Waals surface area (Å²) in [5.41, 5.74) is 0.574. The number of hydrogen-bond acceptors (Lipinski definition) is 3. The number of nitrogens with zero attached hydrogens (tertiary/aromatic N) is 1. The number of hydrogen-bond donors (Lipinski definition) is 1. The summed E-state index contributed by atoms with van der Waals surface area (Å²) in [5, 5.41) is 0. The molecule has 1 saturated heterocycles. The predicted octanol–water partition coefficient (Wildman–Crippen LogP) is 0.919. The molecule has 6 heteroatoms. The third kappa shape index (κ3) is 2.37. The van der Waals surface area contributed by atoms with Crippen molar-refractivity contribution in [3.63, 3.8) is 0 Å². The number of carbonyl (C=O) groups excluding carboxylic acids is 1. The number of rotatable bonds is 2. The largest absolute Gasteiger partial charge is 0.311 e. The second-order valence-corrected chi connectivity index (χ2v) is 5.46. The first-order valence-corrected chi connectivity index (χ1v) is 6.70. The Morgan fingerprint density at radius 2 is 1.94 bits per heavy atom. The molecule has 0 spiro atoms. The van der Waals surface area contributed by atoms with Crippen LogP contribution >= 0.6 is 0 Å². The molecule has 1 atom stereocenters. The molecule has 1 aromatic carbocycles. The maximum atomic E-state index is 11.7. The second kappa shape index (κ2) is 4.44. The SMILES string of the molecule is C#CC1CC(=O)N(c2ccc(S(=O)(=O)O)cc2)C1. The number of carbonyl (C=O) groups is 1. The molecular weight excluding hydrogens is 254 g/mol. The number of anilines is 1. The van der Waals surface area contributed by atoms with E-state index in [-0.39, 0.29) is 16.7 Å². The van der Waals surface area contributed by atoms with Gasteiger partial charge in [-0.3, -0.25) is 9.35 Å². The highest BCUT2D eigenvalue weighted by Gasteiger charge is 2.29. The van der Waals surface area contributed by atoms with E-state index in [1.807, 2.05) is 0 Å². The second-order valence-electron chi connectivity index (χ2n) is 4.04. The Morgan fingerprint density at radius 1 is 1.33 bits per heavy atom. The van der Waals surface area contributed by atoms with Gasteiger partial charge in [0.1, 0.15) is 0 Å². The summed E-state index contributed by atoms with van der Waals surface area (Å²) in [6.07, 6.45) is 5.58. The van der Waals surface area contributed by atoms with Crippen LogP contribution in [0.2, 0.25) is 0 Å². The van der Waals surface area contributed by atoms with Crippen LogP contribution in [0, 0.1) is 18.3 Å². The first kappa shape index (κ1) is 12.6. The van der Waals surface area contributed by atoms with Crippen LogP contribution in [-0.4, -0.2) is 25.4 Å². The Morgan fingerprint density at radius 3 is 2.39 bits per heavy atom. The van der Waals surface area contributed by atoms with Gasteiger partial charge < -0.3 is 4.90 Å². The van der Waals surface area contributed by atoms with Crippen molar-refractivity contribution >= 4 is 21.7 Å². The van der Waals surface area contributed by atoms with Gasteiger partial charge in [-0.2, -0.15) is 8.42 Å². The van der Waals surface area contributed by atoms with Gasteiger partial charge in [0.25, 0.3) is 10.1 Å². The van der Waals surface area contributed by atoms with Crippen LogP contribution in [0.25, 0.3) is 0 Å². The van der Waals surface area contributed by atoms with Gasteiger partial charge in [-0.05, 0) is 24.3 Å². The summed E-state index contributed by atoms with van der Waals surface area (Å²) in [5.74, 6) is 2.33. The molecule has 18 heavy (non-hydrogen) atoms. The highest BCUT2D eigenvalue weighted by atomic mass is 32.2. The lowest BCUT2D eigenvalue weighted by Crippen LogP contribution is -2.24. The van der Waals surface area contributed by atoms with E-state index in [9.17, 15) is 13.2 Å². The minimum atomic E-state index is -4.21. The minimum absolute atomic E-state index is 0.0856. The molecular formula is C12H11NO4S. The van der Waals surface area contributed by atoms with Gasteiger partial charge in [-0.15, -0.1) is 12.3 Å². The molecule has 2 rings (SSSR count). The van der Waals surface area contributed by atoms with E-state index in [4.69, 9.17) is 11.0 Å². The van der Waals surface area contributed by atoms with Crippen LogP contribution in [0.1, 0.15) is 6.42 Å². The van der Waals surface area contributed by atoms with E-state index in [2.05, 4.69) is 5.92 Å². The highest BCUT2D eigenvalue weighted by Crippen LogP contribution is 2.25. The molecule has 1 fully saturated rings. The summed E-state index contributed by atoms with van der Waals surface area (Å²) in [6.45, 7) is 0.431. The van der Waals surface area contributed by atoms with Crippen molar-refractivity contribution in [2.45, 2.75) is 11.3 Å². The van der Waals surface area contributed by atoms with Crippen LogP contribution in [-0.2, 0) is 14.9 Å². The summed E-state index contributed by atoms with van der Waals surface area (Å²) >= 11 is 0. The van der Waals surface area contributed by atoms with Crippen molar-refractivity contribution in [2.24, 2.45) is 5.92 Å². The van der Waals surface area contributed by atoms with Crippen LogP contribution in [0.15, 0.2) is 29.2 Å². The molecule has 0 aliphatic carbocycles. The normalized spacial score (nSPS) is 19.9. The molecule has 1 unspecified atom stereocenters. The van der Waals surface area contributed by atoms with Crippen molar-refractivity contribution in [1.29, 1.82) is 0 Å². The maximum Gasteiger partial charge on any atom is 0.294 e. The Hall–Kier alpha value is -1.84. The molecule has 1 aromatic rings. The summed E-state index contributed by atoms with van der Waals surface area (Å²) in [7, 11) is -4.21. The quantitative estimate of drug-likeness (QED) is 0.637. The Kier molecular flexibility index (Phi) is 3.11.